The molecule has 6 heteroatoms. The first kappa shape index (κ1) is 15.8. The summed E-state index contributed by atoms with van der Waals surface area (Å²) < 4.78 is 40.9. The molecule has 1 aromatic carbocycles. The van der Waals surface area contributed by atoms with Crippen LogP contribution in [0.3, 0.4) is 0 Å². The Bertz CT molecular complexity index is 546. The van der Waals surface area contributed by atoms with Crippen LogP contribution in [0.25, 0.3) is 0 Å². The number of aliphatic carboxylic acids is 1. The summed E-state index contributed by atoms with van der Waals surface area (Å²) in [5.41, 5.74) is -0.648. The molecule has 0 unspecified atom stereocenters. The van der Waals surface area contributed by atoms with Gasteiger partial charge in [-0.25, -0.2) is 13.2 Å². The summed E-state index contributed by atoms with van der Waals surface area (Å²) in [6.07, 6.45) is 0. The second kappa shape index (κ2) is 5.33. The lowest BCUT2D eigenvalue weighted by Gasteiger charge is -2.31. The second-order valence-electron chi connectivity index (χ2n) is 6.41. The molecule has 1 N–H and O–H groups in total. The average molecular weight is 301 g/mol. The van der Waals surface area contributed by atoms with E-state index in [2.05, 4.69) is 0 Å². The predicted octanol–water partition coefficient (Wildman–Crippen LogP) is 3.00. The highest BCUT2D eigenvalue weighted by atomic mass is 19.1. The van der Waals surface area contributed by atoms with Crippen molar-refractivity contribution in [2.75, 3.05) is 13.1 Å². The van der Waals surface area contributed by atoms with Crippen molar-refractivity contribution in [3.63, 3.8) is 0 Å². The lowest BCUT2D eigenvalue weighted by Crippen LogP contribution is -2.40. The quantitative estimate of drug-likeness (QED) is 0.913. The Morgan fingerprint density at radius 2 is 1.71 bits per heavy atom. The summed E-state index contributed by atoms with van der Waals surface area (Å²) in [5, 5.41) is 9.32. The van der Waals surface area contributed by atoms with Gasteiger partial charge in [0, 0.05) is 42.2 Å². The molecule has 3 nitrogen and oxygen atoms in total. The number of carbonyl (C=O) groups is 1. The number of halogens is 3. The average Bonchev–Trinajstić information content (AvgIpc) is 2.71. The van der Waals surface area contributed by atoms with E-state index in [-0.39, 0.29) is 24.2 Å². The molecule has 1 saturated heterocycles. The molecule has 0 radical (unpaired) electrons. The molecule has 2 rings (SSSR count). The maximum atomic E-state index is 13.9. The topological polar surface area (TPSA) is 40.5 Å². The zero-order valence-corrected chi connectivity index (χ0v) is 12.2. The summed E-state index contributed by atoms with van der Waals surface area (Å²) in [6.45, 7) is 6.16. The summed E-state index contributed by atoms with van der Waals surface area (Å²) in [5.74, 6) is -5.92. The molecule has 116 valence electrons. The van der Waals surface area contributed by atoms with Crippen LogP contribution in [0.4, 0.5) is 13.2 Å². The third kappa shape index (κ3) is 3.05. The minimum absolute atomic E-state index is 0.208. The Kier molecular flexibility index (Phi) is 4.02. The largest absolute Gasteiger partial charge is 0.481 e. The molecule has 0 bridgehead atoms. The SMILES string of the molecule is CC(C)(C)N1C[C@@H](C(=O)O)[C@H](c2c(F)cc(F)cc2F)C1. The first-order valence-electron chi connectivity index (χ1n) is 6.73. The van der Waals surface area contributed by atoms with Crippen LogP contribution in [0.15, 0.2) is 12.1 Å². The van der Waals surface area contributed by atoms with E-state index < -0.39 is 35.3 Å². The van der Waals surface area contributed by atoms with Crippen molar-refractivity contribution >= 4 is 5.97 Å². The molecule has 0 aliphatic carbocycles. The highest BCUT2D eigenvalue weighted by Crippen LogP contribution is 2.38. The molecule has 2 atom stereocenters. The molecule has 1 heterocycles. The van der Waals surface area contributed by atoms with Gasteiger partial charge in [-0.3, -0.25) is 9.69 Å². The summed E-state index contributed by atoms with van der Waals surface area (Å²) in [6, 6.07) is 1.19. The molecule has 1 aromatic rings. The van der Waals surface area contributed by atoms with Crippen molar-refractivity contribution in [2.24, 2.45) is 5.92 Å². The third-order valence-electron chi connectivity index (χ3n) is 4.00. The van der Waals surface area contributed by atoms with Gasteiger partial charge in [-0.05, 0) is 20.8 Å². The van der Waals surface area contributed by atoms with E-state index in [4.69, 9.17) is 0 Å². The Morgan fingerprint density at radius 3 is 2.14 bits per heavy atom. The summed E-state index contributed by atoms with van der Waals surface area (Å²) >= 11 is 0. The maximum absolute atomic E-state index is 13.9. The molecule has 1 aliphatic heterocycles. The fraction of sp³-hybridized carbons (Fsp3) is 0.533. The number of carboxylic acids is 1. The van der Waals surface area contributed by atoms with Crippen molar-refractivity contribution in [3.8, 4) is 0 Å². The summed E-state index contributed by atoms with van der Waals surface area (Å²) in [4.78, 5) is 13.3. The van der Waals surface area contributed by atoms with Gasteiger partial charge in [0.05, 0.1) is 5.92 Å². The first-order chi connectivity index (χ1) is 9.61. The van der Waals surface area contributed by atoms with Gasteiger partial charge in [0.2, 0.25) is 0 Å². The van der Waals surface area contributed by atoms with Crippen LogP contribution in [0, 0.1) is 23.4 Å². The monoisotopic (exact) mass is 301 g/mol. The van der Waals surface area contributed by atoms with E-state index in [9.17, 15) is 23.1 Å². The van der Waals surface area contributed by atoms with Gasteiger partial charge in [-0.2, -0.15) is 0 Å². The Labute approximate surface area is 121 Å². The van der Waals surface area contributed by atoms with Crippen LogP contribution in [0.1, 0.15) is 32.3 Å². The van der Waals surface area contributed by atoms with Crippen LogP contribution in [0.5, 0.6) is 0 Å². The predicted molar refractivity (Wildman–Crippen MR) is 71.5 cm³/mol. The number of benzene rings is 1. The van der Waals surface area contributed by atoms with Crippen LogP contribution in [0.2, 0.25) is 0 Å². The fourth-order valence-corrected chi connectivity index (χ4v) is 2.80. The molecule has 1 aliphatic rings. The lowest BCUT2D eigenvalue weighted by molar-refractivity contribution is -0.141. The van der Waals surface area contributed by atoms with E-state index in [0.29, 0.717) is 12.1 Å². The van der Waals surface area contributed by atoms with Crippen molar-refractivity contribution in [1.82, 2.24) is 4.90 Å². The minimum atomic E-state index is -1.10. The first-order valence-corrected chi connectivity index (χ1v) is 6.73. The lowest BCUT2D eigenvalue weighted by atomic mass is 9.88. The van der Waals surface area contributed by atoms with Crippen molar-refractivity contribution in [1.29, 1.82) is 0 Å². The van der Waals surface area contributed by atoms with Crippen molar-refractivity contribution in [3.05, 3.63) is 35.1 Å². The number of rotatable bonds is 2. The third-order valence-corrected chi connectivity index (χ3v) is 4.00. The molecule has 0 saturated carbocycles. The normalized spacial score (nSPS) is 23.5. The molecular weight excluding hydrogens is 283 g/mol. The van der Waals surface area contributed by atoms with E-state index in [1.807, 2.05) is 25.7 Å². The number of carboxylic acid groups (broad SMARTS) is 1. The van der Waals surface area contributed by atoms with Gasteiger partial charge in [0.15, 0.2) is 0 Å². The van der Waals surface area contributed by atoms with Crippen LogP contribution < -0.4 is 0 Å². The number of nitrogens with zero attached hydrogens (tertiary/aromatic N) is 1. The zero-order chi connectivity index (χ0) is 15.9. The molecule has 0 spiro atoms. The van der Waals surface area contributed by atoms with Crippen LogP contribution in [-0.2, 0) is 4.79 Å². The van der Waals surface area contributed by atoms with Gasteiger partial charge in [0.25, 0.3) is 0 Å². The minimum Gasteiger partial charge on any atom is -0.481 e. The Hall–Kier alpha value is -1.56. The van der Waals surface area contributed by atoms with Gasteiger partial charge in [-0.15, -0.1) is 0 Å². The highest BCUT2D eigenvalue weighted by molar-refractivity contribution is 5.72. The van der Waals surface area contributed by atoms with E-state index in [1.165, 1.54) is 0 Å². The van der Waals surface area contributed by atoms with E-state index >= 15 is 0 Å². The Morgan fingerprint density at radius 1 is 1.19 bits per heavy atom. The van der Waals surface area contributed by atoms with Gasteiger partial charge >= 0.3 is 5.97 Å². The fourth-order valence-electron chi connectivity index (χ4n) is 2.80. The second-order valence-corrected chi connectivity index (χ2v) is 6.41. The van der Waals surface area contributed by atoms with Crippen LogP contribution in [-0.4, -0.2) is 34.6 Å². The number of likely N-dealkylation sites (tertiary alicyclic amines) is 1. The van der Waals surface area contributed by atoms with Crippen LogP contribution >= 0.6 is 0 Å². The molecular formula is C15H18F3NO2. The van der Waals surface area contributed by atoms with Gasteiger partial charge in [-0.1, -0.05) is 0 Å². The zero-order valence-electron chi connectivity index (χ0n) is 12.2. The van der Waals surface area contributed by atoms with Gasteiger partial charge < -0.3 is 5.11 Å². The van der Waals surface area contributed by atoms with Crippen molar-refractivity contribution in [2.45, 2.75) is 32.2 Å². The van der Waals surface area contributed by atoms with E-state index in [0.717, 1.165) is 0 Å². The number of hydrogen-bond donors (Lipinski definition) is 1. The maximum Gasteiger partial charge on any atom is 0.308 e. The molecule has 21 heavy (non-hydrogen) atoms. The molecule has 0 aromatic heterocycles. The molecule has 1 fully saturated rings. The highest BCUT2D eigenvalue weighted by Gasteiger charge is 2.44. The number of hydrogen-bond acceptors (Lipinski definition) is 2. The van der Waals surface area contributed by atoms with Crippen molar-refractivity contribution < 1.29 is 23.1 Å². The summed E-state index contributed by atoms with van der Waals surface area (Å²) in [7, 11) is 0. The smallest absolute Gasteiger partial charge is 0.308 e. The molecule has 0 amide bonds. The standard InChI is InChI=1S/C15H18F3NO2/c1-15(2,3)19-6-9(10(7-19)14(20)21)13-11(17)4-8(16)5-12(13)18/h4-5,9-10H,6-7H2,1-3H3,(H,20,21)/t9-,10-/m1/s1. The van der Waals surface area contributed by atoms with E-state index in [1.54, 1.807) is 0 Å². The van der Waals surface area contributed by atoms with Gasteiger partial charge in [0.1, 0.15) is 17.5 Å². The Balaban J connectivity index is 2.44.